The second kappa shape index (κ2) is 9.33. The summed E-state index contributed by atoms with van der Waals surface area (Å²) in [6.07, 6.45) is -1.09. The SMILES string of the molecule is Cc1ccc(C(=O)NCC(=O)O[C@@H](C)C(=O)Nc2ccccc2C#N)cc1C. The van der Waals surface area contributed by atoms with Gasteiger partial charge in [0.15, 0.2) is 6.10 Å². The lowest BCUT2D eigenvalue weighted by Gasteiger charge is -2.14. The third-order valence-electron chi connectivity index (χ3n) is 4.15. The summed E-state index contributed by atoms with van der Waals surface area (Å²) in [5.74, 6) is -1.72. The predicted molar refractivity (Wildman–Crippen MR) is 104 cm³/mol. The van der Waals surface area contributed by atoms with E-state index in [0.717, 1.165) is 11.1 Å². The number of aryl methyl sites for hydroxylation is 2. The fourth-order valence-corrected chi connectivity index (χ4v) is 2.35. The Kier molecular flexibility index (Phi) is 6.88. The van der Waals surface area contributed by atoms with Crippen LogP contribution in [0.2, 0.25) is 0 Å². The van der Waals surface area contributed by atoms with E-state index in [4.69, 9.17) is 10.00 Å². The first-order chi connectivity index (χ1) is 13.3. The number of carbonyl (C=O) groups excluding carboxylic acids is 3. The summed E-state index contributed by atoms with van der Waals surface area (Å²) in [5.41, 5.74) is 3.11. The molecule has 0 bridgehead atoms. The predicted octanol–water partition coefficient (Wildman–Crippen LogP) is 2.48. The van der Waals surface area contributed by atoms with Gasteiger partial charge in [-0.1, -0.05) is 18.2 Å². The van der Waals surface area contributed by atoms with Crippen LogP contribution in [-0.2, 0) is 14.3 Å². The van der Waals surface area contributed by atoms with Crippen molar-refractivity contribution in [3.63, 3.8) is 0 Å². The van der Waals surface area contributed by atoms with Crippen molar-refractivity contribution in [1.29, 1.82) is 5.26 Å². The molecule has 2 N–H and O–H groups in total. The number of hydrogen-bond donors (Lipinski definition) is 2. The summed E-state index contributed by atoms with van der Waals surface area (Å²) < 4.78 is 5.04. The fraction of sp³-hybridized carbons (Fsp3) is 0.238. The molecule has 0 fully saturated rings. The van der Waals surface area contributed by atoms with Gasteiger partial charge in [0.2, 0.25) is 0 Å². The monoisotopic (exact) mass is 379 g/mol. The number of esters is 1. The van der Waals surface area contributed by atoms with Gasteiger partial charge in [0, 0.05) is 5.56 Å². The van der Waals surface area contributed by atoms with Crippen LogP contribution < -0.4 is 10.6 Å². The minimum absolute atomic E-state index is 0.301. The molecular formula is C21H21N3O4. The standard InChI is InChI=1S/C21H21N3O4/c1-13-8-9-16(10-14(13)2)21(27)23-12-19(25)28-15(3)20(26)24-18-7-5-4-6-17(18)11-22/h4-10,15H,12H2,1-3H3,(H,23,27)(H,24,26)/t15-/m0/s1. The van der Waals surface area contributed by atoms with E-state index >= 15 is 0 Å². The van der Waals surface area contributed by atoms with E-state index in [1.54, 1.807) is 36.4 Å². The first-order valence-electron chi connectivity index (χ1n) is 8.66. The van der Waals surface area contributed by atoms with Gasteiger partial charge in [-0.15, -0.1) is 0 Å². The highest BCUT2D eigenvalue weighted by Gasteiger charge is 2.19. The quantitative estimate of drug-likeness (QED) is 0.750. The Morgan fingerprint density at radius 3 is 2.50 bits per heavy atom. The molecular weight excluding hydrogens is 358 g/mol. The number of benzene rings is 2. The van der Waals surface area contributed by atoms with E-state index in [9.17, 15) is 14.4 Å². The molecule has 2 aromatic carbocycles. The lowest BCUT2D eigenvalue weighted by atomic mass is 10.1. The molecule has 0 aliphatic rings. The average molecular weight is 379 g/mol. The van der Waals surface area contributed by atoms with Crippen molar-refractivity contribution in [2.45, 2.75) is 26.9 Å². The second-order valence-electron chi connectivity index (χ2n) is 6.26. The topological polar surface area (TPSA) is 108 Å². The van der Waals surface area contributed by atoms with Crippen LogP contribution in [0.1, 0.15) is 34.0 Å². The summed E-state index contributed by atoms with van der Waals surface area (Å²) in [7, 11) is 0. The van der Waals surface area contributed by atoms with E-state index in [-0.39, 0.29) is 6.54 Å². The zero-order valence-corrected chi connectivity index (χ0v) is 15.9. The normalized spacial score (nSPS) is 11.1. The van der Waals surface area contributed by atoms with E-state index in [2.05, 4.69) is 10.6 Å². The highest BCUT2D eigenvalue weighted by Crippen LogP contribution is 2.14. The van der Waals surface area contributed by atoms with Crippen LogP contribution in [0.15, 0.2) is 42.5 Å². The molecule has 2 rings (SSSR count). The van der Waals surface area contributed by atoms with Crippen molar-refractivity contribution in [1.82, 2.24) is 5.32 Å². The first-order valence-corrected chi connectivity index (χ1v) is 8.66. The lowest BCUT2D eigenvalue weighted by Crippen LogP contribution is -2.36. The van der Waals surface area contributed by atoms with Crippen LogP contribution in [0, 0.1) is 25.2 Å². The van der Waals surface area contributed by atoms with Crippen molar-refractivity contribution in [3.05, 3.63) is 64.7 Å². The van der Waals surface area contributed by atoms with Crippen molar-refractivity contribution < 1.29 is 19.1 Å². The molecule has 2 amide bonds. The molecule has 0 saturated heterocycles. The highest BCUT2D eigenvalue weighted by molar-refractivity contribution is 5.98. The minimum Gasteiger partial charge on any atom is -0.451 e. The molecule has 0 heterocycles. The van der Waals surface area contributed by atoms with Gasteiger partial charge >= 0.3 is 5.97 Å². The van der Waals surface area contributed by atoms with Gasteiger partial charge in [-0.05, 0) is 56.2 Å². The van der Waals surface area contributed by atoms with Gasteiger partial charge in [0.05, 0.1) is 11.3 Å². The third-order valence-corrected chi connectivity index (χ3v) is 4.15. The Morgan fingerprint density at radius 1 is 1.11 bits per heavy atom. The van der Waals surface area contributed by atoms with Crippen molar-refractivity contribution >= 4 is 23.5 Å². The molecule has 0 spiro atoms. The highest BCUT2D eigenvalue weighted by atomic mass is 16.5. The van der Waals surface area contributed by atoms with E-state index in [0.29, 0.717) is 16.8 Å². The van der Waals surface area contributed by atoms with Crippen LogP contribution in [0.25, 0.3) is 0 Å². The summed E-state index contributed by atoms with van der Waals surface area (Å²) in [6.45, 7) is 4.88. The first kappa shape index (κ1) is 20.6. The van der Waals surface area contributed by atoms with Crippen LogP contribution >= 0.6 is 0 Å². The van der Waals surface area contributed by atoms with Gasteiger partial charge in [-0.3, -0.25) is 14.4 Å². The molecule has 28 heavy (non-hydrogen) atoms. The maximum absolute atomic E-state index is 12.2. The van der Waals surface area contributed by atoms with E-state index in [1.165, 1.54) is 6.92 Å². The Hall–Kier alpha value is -3.66. The molecule has 0 radical (unpaired) electrons. The third kappa shape index (κ3) is 5.42. The van der Waals surface area contributed by atoms with Crippen molar-refractivity contribution in [2.75, 3.05) is 11.9 Å². The van der Waals surface area contributed by atoms with Gasteiger partial charge in [0.25, 0.3) is 11.8 Å². The molecule has 0 aliphatic carbocycles. The summed E-state index contributed by atoms with van der Waals surface area (Å²) in [5, 5.41) is 14.0. The second-order valence-corrected chi connectivity index (χ2v) is 6.26. The number of hydrogen-bond acceptors (Lipinski definition) is 5. The Morgan fingerprint density at radius 2 is 1.82 bits per heavy atom. The molecule has 0 aromatic heterocycles. The number of nitriles is 1. The number of nitrogens with one attached hydrogen (secondary N) is 2. The number of ether oxygens (including phenoxy) is 1. The molecule has 7 nitrogen and oxygen atoms in total. The largest absolute Gasteiger partial charge is 0.451 e. The molecule has 2 aromatic rings. The van der Waals surface area contributed by atoms with Crippen LogP contribution in [0.4, 0.5) is 5.69 Å². The Bertz CT molecular complexity index is 947. The number of carbonyl (C=O) groups is 3. The van der Waals surface area contributed by atoms with Crippen LogP contribution in [-0.4, -0.2) is 30.4 Å². The van der Waals surface area contributed by atoms with Crippen LogP contribution in [0.3, 0.4) is 0 Å². The Labute approximate surface area is 163 Å². The van der Waals surface area contributed by atoms with Gasteiger partial charge in [-0.25, -0.2) is 0 Å². The Balaban J connectivity index is 1.86. The maximum atomic E-state index is 12.2. The van der Waals surface area contributed by atoms with Gasteiger partial charge < -0.3 is 15.4 Å². The van der Waals surface area contributed by atoms with Crippen molar-refractivity contribution in [3.8, 4) is 6.07 Å². The molecule has 7 heteroatoms. The maximum Gasteiger partial charge on any atom is 0.326 e. The number of anilines is 1. The smallest absolute Gasteiger partial charge is 0.326 e. The van der Waals surface area contributed by atoms with Gasteiger partial charge in [-0.2, -0.15) is 5.26 Å². The molecule has 0 aliphatic heterocycles. The van der Waals surface area contributed by atoms with E-state index < -0.39 is 23.9 Å². The number of rotatable bonds is 6. The average Bonchev–Trinajstić information content (AvgIpc) is 2.68. The van der Waals surface area contributed by atoms with E-state index in [1.807, 2.05) is 26.0 Å². The molecule has 0 saturated carbocycles. The number of amides is 2. The lowest BCUT2D eigenvalue weighted by molar-refractivity contribution is -0.152. The summed E-state index contributed by atoms with van der Waals surface area (Å²) in [6, 6.07) is 13.7. The number of para-hydroxylation sites is 1. The summed E-state index contributed by atoms with van der Waals surface area (Å²) in [4.78, 5) is 36.2. The van der Waals surface area contributed by atoms with Crippen LogP contribution in [0.5, 0.6) is 0 Å². The minimum atomic E-state index is -1.09. The molecule has 144 valence electrons. The number of nitrogens with zero attached hydrogens (tertiary/aromatic N) is 1. The van der Waals surface area contributed by atoms with Gasteiger partial charge in [0.1, 0.15) is 12.6 Å². The van der Waals surface area contributed by atoms with Crippen molar-refractivity contribution in [2.24, 2.45) is 0 Å². The summed E-state index contributed by atoms with van der Waals surface area (Å²) >= 11 is 0. The molecule has 1 atom stereocenters. The zero-order chi connectivity index (χ0) is 20.7. The fourth-order valence-electron chi connectivity index (χ4n) is 2.35. The molecule has 0 unspecified atom stereocenters. The zero-order valence-electron chi connectivity index (χ0n) is 15.9.